The summed E-state index contributed by atoms with van der Waals surface area (Å²) in [6.45, 7) is 0. The van der Waals surface area contributed by atoms with E-state index in [1.54, 1.807) is 29.8 Å². The summed E-state index contributed by atoms with van der Waals surface area (Å²) in [4.78, 5) is 21.7. The number of hydrogen-bond donors (Lipinski definition) is 1. The molecule has 5 rings (SSSR count). The topological polar surface area (TPSA) is 54.9 Å². The first-order valence-electron chi connectivity index (χ1n) is 9.13. The molecule has 1 amide bonds. The highest BCUT2D eigenvalue weighted by Gasteiger charge is 2.15. The monoisotopic (exact) mass is 431 g/mol. The number of rotatable bonds is 4. The number of para-hydroxylation sites is 1. The zero-order valence-corrected chi connectivity index (χ0v) is 17.1. The minimum Gasteiger partial charge on any atom is -0.321 e. The van der Waals surface area contributed by atoms with Crippen molar-refractivity contribution in [2.75, 3.05) is 5.32 Å². The number of halogens is 1. The molecule has 30 heavy (non-hydrogen) atoms. The van der Waals surface area contributed by atoms with E-state index in [0.717, 1.165) is 15.8 Å². The lowest BCUT2D eigenvalue weighted by atomic mass is 10.1. The van der Waals surface area contributed by atoms with Gasteiger partial charge in [-0.05, 0) is 36.4 Å². The van der Waals surface area contributed by atoms with Crippen molar-refractivity contribution < 1.29 is 9.18 Å². The Bertz CT molecular complexity index is 1380. The van der Waals surface area contributed by atoms with Crippen molar-refractivity contribution in [1.29, 1.82) is 0 Å². The first kappa shape index (κ1) is 18.6. The van der Waals surface area contributed by atoms with Crippen LogP contribution in [0.5, 0.6) is 0 Å². The van der Waals surface area contributed by atoms with Crippen LogP contribution in [0.25, 0.3) is 32.0 Å². The highest BCUT2D eigenvalue weighted by Crippen LogP contribution is 2.34. The first-order chi connectivity index (χ1) is 14.7. The molecule has 0 aliphatic rings. The maximum absolute atomic E-state index is 14.1. The minimum atomic E-state index is -0.307. The van der Waals surface area contributed by atoms with Crippen molar-refractivity contribution in [1.82, 2.24) is 9.97 Å². The third-order valence-corrected chi connectivity index (χ3v) is 6.32. The Morgan fingerprint density at radius 2 is 1.73 bits per heavy atom. The van der Waals surface area contributed by atoms with Crippen LogP contribution in [0.4, 0.5) is 10.1 Å². The van der Waals surface area contributed by atoms with Crippen molar-refractivity contribution in [3.8, 4) is 21.8 Å². The Labute approximate surface area is 179 Å². The number of carbonyl (C=O) groups is 1. The minimum absolute atomic E-state index is 0.206. The molecule has 7 heteroatoms. The number of amides is 1. The summed E-state index contributed by atoms with van der Waals surface area (Å²) in [6, 6.07) is 19.5. The molecule has 2 aromatic heterocycles. The molecule has 0 spiro atoms. The Kier molecular flexibility index (Phi) is 4.82. The Hall–Kier alpha value is -3.42. The van der Waals surface area contributed by atoms with Crippen LogP contribution in [0.2, 0.25) is 0 Å². The van der Waals surface area contributed by atoms with Gasteiger partial charge in [-0.1, -0.05) is 30.3 Å². The van der Waals surface area contributed by atoms with Gasteiger partial charge in [-0.3, -0.25) is 4.79 Å². The average Bonchev–Trinajstić information content (AvgIpc) is 3.43. The molecule has 0 atom stereocenters. The Balaban J connectivity index is 1.46. The van der Waals surface area contributed by atoms with Crippen molar-refractivity contribution in [2.45, 2.75) is 0 Å². The van der Waals surface area contributed by atoms with E-state index in [4.69, 9.17) is 0 Å². The number of aromatic nitrogens is 2. The van der Waals surface area contributed by atoms with Crippen LogP contribution in [0.3, 0.4) is 0 Å². The van der Waals surface area contributed by atoms with Crippen LogP contribution < -0.4 is 5.32 Å². The highest BCUT2D eigenvalue weighted by atomic mass is 32.1. The zero-order chi connectivity index (χ0) is 20.5. The molecule has 0 saturated heterocycles. The standard InChI is InChI=1S/C23H14FN3OS2/c24-17-7-3-1-5-15(17)23-27-20(12-29-23)16-6-2-4-8-18(16)26-22(28)14-9-10-19-21(11-14)30-13-25-19/h1-13H,(H,26,28). The van der Waals surface area contributed by atoms with Crippen LogP contribution in [0.1, 0.15) is 10.4 Å². The van der Waals surface area contributed by atoms with Crippen LogP contribution in [0, 0.1) is 5.82 Å². The van der Waals surface area contributed by atoms with E-state index in [1.807, 2.05) is 41.8 Å². The van der Waals surface area contributed by atoms with Gasteiger partial charge in [0.05, 0.1) is 27.1 Å². The summed E-state index contributed by atoms with van der Waals surface area (Å²) in [5.41, 5.74) is 5.78. The van der Waals surface area contributed by atoms with Crippen LogP contribution in [-0.2, 0) is 0 Å². The number of nitrogens with zero attached hydrogens (tertiary/aromatic N) is 2. The summed E-state index contributed by atoms with van der Waals surface area (Å²) < 4.78 is 15.1. The highest BCUT2D eigenvalue weighted by molar-refractivity contribution is 7.16. The second kappa shape index (κ2) is 7.78. The zero-order valence-electron chi connectivity index (χ0n) is 15.5. The van der Waals surface area contributed by atoms with Crippen molar-refractivity contribution >= 4 is 44.5 Å². The van der Waals surface area contributed by atoms with E-state index in [2.05, 4.69) is 15.3 Å². The van der Waals surface area contributed by atoms with Crippen LogP contribution in [-0.4, -0.2) is 15.9 Å². The molecule has 4 nitrogen and oxygen atoms in total. The predicted octanol–water partition coefficient (Wildman–Crippen LogP) is 6.48. The largest absolute Gasteiger partial charge is 0.321 e. The van der Waals surface area contributed by atoms with Gasteiger partial charge in [-0.15, -0.1) is 22.7 Å². The average molecular weight is 432 g/mol. The van der Waals surface area contributed by atoms with E-state index in [0.29, 0.717) is 27.5 Å². The lowest BCUT2D eigenvalue weighted by Crippen LogP contribution is -2.12. The van der Waals surface area contributed by atoms with E-state index in [-0.39, 0.29) is 11.7 Å². The molecule has 0 saturated carbocycles. The molecule has 0 unspecified atom stereocenters. The number of carbonyl (C=O) groups excluding carboxylic acids is 1. The fourth-order valence-corrected chi connectivity index (χ4v) is 4.72. The summed E-state index contributed by atoms with van der Waals surface area (Å²) in [5, 5.41) is 5.45. The van der Waals surface area contributed by atoms with Crippen molar-refractivity contribution in [3.63, 3.8) is 0 Å². The molecule has 2 heterocycles. The first-order valence-corrected chi connectivity index (χ1v) is 10.9. The Morgan fingerprint density at radius 1 is 0.933 bits per heavy atom. The summed E-state index contributed by atoms with van der Waals surface area (Å²) in [6.07, 6.45) is 0. The summed E-state index contributed by atoms with van der Waals surface area (Å²) in [5.74, 6) is -0.513. The quantitative estimate of drug-likeness (QED) is 0.354. The molecule has 0 aliphatic heterocycles. The van der Waals surface area contributed by atoms with Gasteiger partial charge in [-0.25, -0.2) is 14.4 Å². The van der Waals surface area contributed by atoms with Gasteiger partial charge in [0.2, 0.25) is 0 Å². The van der Waals surface area contributed by atoms with Gasteiger partial charge in [-0.2, -0.15) is 0 Å². The maximum Gasteiger partial charge on any atom is 0.255 e. The van der Waals surface area contributed by atoms with Crippen molar-refractivity contribution in [2.24, 2.45) is 0 Å². The SMILES string of the molecule is O=C(Nc1ccccc1-c1csc(-c2ccccc2F)n1)c1ccc2ncsc2c1. The van der Waals surface area contributed by atoms with E-state index < -0.39 is 0 Å². The molecule has 0 bridgehead atoms. The molecule has 5 aromatic rings. The normalized spacial score (nSPS) is 11.0. The van der Waals surface area contributed by atoms with E-state index in [9.17, 15) is 9.18 Å². The molecule has 146 valence electrons. The molecule has 0 radical (unpaired) electrons. The fraction of sp³-hybridized carbons (Fsp3) is 0. The number of anilines is 1. The number of hydrogen-bond acceptors (Lipinski definition) is 5. The molecule has 3 aromatic carbocycles. The summed E-state index contributed by atoms with van der Waals surface area (Å²) >= 11 is 2.87. The number of benzene rings is 3. The van der Waals surface area contributed by atoms with Crippen molar-refractivity contribution in [3.05, 3.63) is 89.0 Å². The van der Waals surface area contributed by atoms with E-state index in [1.165, 1.54) is 28.7 Å². The predicted molar refractivity (Wildman–Crippen MR) is 121 cm³/mol. The van der Waals surface area contributed by atoms with Gasteiger partial charge in [0.15, 0.2) is 0 Å². The lowest BCUT2D eigenvalue weighted by Gasteiger charge is -2.10. The number of nitrogens with one attached hydrogen (secondary N) is 1. The molecule has 0 aliphatic carbocycles. The maximum atomic E-state index is 14.1. The van der Waals surface area contributed by atoms with E-state index >= 15 is 0 Å². The van der Waals surface area contributed by atoms with Gasteiger partial charge in [0.1, 0.15) is 10.8 Å². The Morgan fingerprint density at radius 3 is 2.60 bits per heavy atom. The van der Waals surface area contributed by atoms with Gasteiger partial charge in [0, 0.05) is 22.1 Å². The third kappa shape index (κ3) is 3.49. The van der Waals surface area contributed by atoms with Crippen LogP contribution >= 0.6 is 22.7 Å². The number of thiazole rings is 2. The second-order valence-corrected chi connectivity index (χ2v) is 8.30. The van der Waals surface area contributed by atoms with Gasteiger partial charge in [0.25, 0.3) is 5.91 Å². The molecular formula is C23H14FN3OS2. The second-order valence-electron chi connectivity index (χ2n) is 6.55. The molecule has 0 fully saturated rings. The van der Waals surface area contributed by atoms with Crippen LogP contribution in [0.15, 0.2) is 77.6 Å². The summed E-state index contributed by atoms with van der Waals surface area (Å²) in [7, 11) is 0. The smallest absolute Gasteiger partial charge is 0.255 e. The third-order valence-electron chi connectivity index (χ3n) is 4.65. The lowest BCUT2D eigenvalue weighted by molar-refractivity contribution is 0.102. The fourth-order valence-electron chi connectivity index (χ4n) is 3.16. The van der Waals surface area contributed by atoms with Gasteiger partial charge >= 0.3 is 0 Å². The number of fused-ring (bicyclic) bond motifs is 1. The molecular weight excluding hydrogens is 417 g/mol. The van der Waals surface area contributed by atoms with Gasteiger partial charge < -0.3 is 5.32 Å². The molecule has 1 N–H and O–H groups in total.